The van der Waals surface area contributed by atoms with Crippen LogP contribution in [0.5, 0.6) is 0 Å². The maximum Gasteiger partial charge on any atom is 0.131 e. The summed E-state index contributed by atoms with van der Waals surface area (Å²) in [5.41, 5.74) is 0.121. The van der Waals surface area contributed by atoms with Gasteiger partial charge in [0.25, 0.3) is 0 Å². The van der Waals surface area contributed by atoms with Crippen LogP contribution in [0.4, 0.5) is 8.78 Å². The third kappa shape index (κ3) is 3.61. The summed E-state index contributed by atoms with van der Waals surface area (Å²) in [5, 5.41) is 3.37. The predicted octanol–water partition coefficient (Wildman–Crippen LogP) is 4.35. The molecule has 1 aliphatic rings. The summed E-state index contributed by atoms with van der Waals surface area (Å²) in [5.74, 6) is -1.04. The van der Waals surface area contributed by atoms with E-state index < -0.39 is 11.6 Å². The van der Waals surface area contributed by atoms with Crippen molar-refractivity contribution < 1.29 is 13.5 Å². The first kappa shape index (κ1) is 16.4. The lowest BCUT2D eigenvalue weighted by Crippen LogP contribution is -2.48. The van der Waals surface area contributed by atoms with E-state index in [1.165, 1.54) is 12.5 Å². The molecule has 1 fully saturated rings. The SMILES string of the molecule is CCNC(c1ccc(F)cc1F)C1(OCC)CCCCC1. The van der Waals surface area contributed by atoms with Gasteiger partial charge in [0.1, 0.15) is 11.6 Å². The fourth-order valence-electron chi connectivity index (χ4n) is 3.47. The minimum atomic E-state index is -0.541. The highest BCUT2D eigenvalue weighted by molar-refractivity contribution is 5.25. The predicted molar refractivity (Wildman–Crippen MR) is 80.2 cm³/mol. The molecule has 1 aromatic rings. The minimum absolute atomic E-state index is 0.233. The molecule has 0 saturated heterocycles. The Morgan fingerprint density at radius 1 is 1.19 bits per heavy atom. The number of halogens is 2. The Morgan fingerprint density at radius 2 is 1.90 bits per heavy atom. The van der Waals surface area contributed by atoms with Crippen molar-refractivity contribution in [2.75, 3.05) is 13.2 Å². The number of rotatable bonds is 6. The van der Waals surface area contributed by atoms with Gasteiger partial charge in [-0.25, -0.2) is 8.78 Å². The number of ether oxygens (including phenoxy) is 1. The summed E-state index contributed by atoms with van der Waals surface area (Å²) in [6, 6.07) is 3.60. The Bertz CT molecular complexity index is 453. The average Bonchev–Trinajstić information content (AvgIpc) is 2.47. The molecule has 0 radical (unpaired) electrons. The van der Waals surface area contributed by atoms with Crippen LogP contribution in [-0.2, 0) is 4.74 Å². The van der Waals surface area contributed by atoms with Crippen molar-refractivity contribution >= 4 is 0 Å². The van der Waals surface area contributed by atoms with Crippen LogP contribution >= 0.6 is 0 Å². The molecule has 1 unspecified atom stereocenters. The van der Waals surface area contributed by atoms with E-state index in [4.69, 9.17) is 4.74 Å². The second kappa shape index (κ2) is 7.32. The number of likely N-dealkylation sites (N-methyl/N-ethyl adjacent to an activating group) is 1. The second-order valence-electron chi connectivity index (χ2n) is 5.71. The molecule has 0 aliphatic heterocycles. The smallest absolute Gasteiger partial charge is 0.131 e. The molecular formula is C17H25F2NO. The van der Waals surface area contributed by atoms with E-state index in [0.29, 0.717) is 12.2 Å². The normalized spacial score (nSPS) is 19.4. The molecule has 1 aromatic carbocycles. The summed E-state index contributed by atoms with van der Waals surface area (Å²) >= 11 is 0. The van der Waals surface area contributed by atoms with Crippen molar-refractivity contribution in [1.29, 1.82) is 0 Å². The molecule has 4 heteroatoms. The van der Waals surface area contributed by atoms with Gasteiger partial charge in [-0.2, -0.15) is 0 Å². The first-order valence-corrected chi connectivity index (χ1v) is 7.95. The zero-order valence-electron chi connectivity index (χ0n) is 12.9. The van der Waals surface area contributed by atoms with Crippen LogP contribution in [0.15, 0.2) is 18.2 Å². The van der Waals surface area contributed by atoms with Crippen molar-refractivity contribution in [1.82, 2.24) is 5.32 Å². The Morgan fingerprint density at radius 3 is 2.48 bits per heavy atom. The standard InChI is InChI=1S/C17H25F2NO/c1-3-20-16(14-9-8-13(18)12-15(14)19)17(21-4-2)10-6-5-7-11-17/h8-9,12,16,20H,3-7,10-11H2,1-2H3. The molecule has 1 aliphatic carbocycles. The van der Waals surface area contributed by atoms with E-state index >= 15 is 0 Å². The van der Waals surface area contributed by atoms with Gasteiger partial charge in [0.2, 0.25) is 0 Å². The molecule has 2 nitrogen and oxygen atoms in total. The van der Waals surface area contributed by atoms with Gasteiger partial charge in [0.15, 0.2) is 0 Å². The van der Waals surface area contributed by atoms with Gasteiger partial charge in [-0.3, -0.25) is 0 Å². The lowest BCUT2D eigenvalue weighted by Gasteiger charge is -2.44. The second-order valence-corrected chi connectivity index (χ2v) is 5.71. The molecule has 0 heterocycles. The highest BCUT2D eigenvalue weighted by Crippen LogP contribution is 2.42. The molecular weight excluding hydrogens is 272 g/mol. The van der Waals surface area contributed by atoms with Crippen LogP contribution in [0.1, 0.15) is 57.6 Å². The lowest BCUT2D eigenvalue weighted by atomic mass is 9.76. The summed E-state index contributed by atoms with van der Waals surface area (Å²) in [6.45, 7) is 5.29. The van der Waals surface area contributed by atoms with Gasteiger partial charge in [0, 0.05) is 18.2 Å². The monoisotopic (exact) mass is 297 g/mol. The third-order valence-electron chi connectivity index (χ3n) is 4.34. The Kier molecular flexibility index (Phi) is 5.71. The fourth-order valence-corrected chi connectivity index (χ4v) is 3.47. The molecule has 1 saturated carbocycles. The molecule has 2 rings (SSSR count). The van der Waals surface area contributed by atoms with Crippen molar-refractivity contribution in [3.63, 3.8) is 0 Å². The zero-order valence-corrected chi connectivity index (χ0v) is 12.9. The Labute approximate surface area is 125 Å². The van der Waals surface area contributed by atoms with Crippen LogP contribution in [0.3, 0.4) is 0 Å². The number of hydrogen-bond donors (Lipinski definition) is 1. The van der Waals surface area contributed by atoms with Gasteiger partial charge in [-0.15, -0.1) is 0 Å². The van der Waals surface area contributed by atoms with Gasteiger partial charge >= 0.3 is 0 Å². The van der Waals surface area contributed by atoms with Crippen LogP contribution in [0.25, 0.3) is 0 Å². The number of nitrogens with one attached hydrogen (secondary N) is 1. The van der Waals surface area contributed by atoms with Crippen LogP contribution in [-0.4, -0.2) is 18.8 Å². The maximum atomic E-state index is 14.3. The summed E-state index contributed by atoms with van der Waals surface area (Å²) in [4.78, 5) is 0. The van der Waals surface area contributed by atoms with Crippen LogP contribution < -0.4 is 5.32 Å². The topological polar surface area (TPSA) is 21.3 Å². The van der Waals surface area contributed by atoms with Crippen molar-refractivity contribution in [2.24, 2.45) is 0 Å². The van der Waals surface area contributed by atoms with E-state index in [-0.39, 0.29) is 11.6 Å². The Balaban J connectivity index is 2.39. The number of hydrogen-bond acceptors (Lipinski definition) is 2. The molecule has 0 aromatic heterocycles. The first-order chi connectivity index (χ1) is 10.1. The lowest BCUT2D eigenvalue weighted by molar-refractivity contribution is -0.0916. The van der Waals surface area contributed by atoms with Crippen molar-refractivity contribution in [3.05, 3.63) is 35.4 Å². The quantitative estimate of drug-likeness (QED) is 0.842. The largest absolute Gasteiger partial charge is 0.373 e. The molecule has 1 N–H and O–H groups in total. The summed E-state index contributed by atoms with van der Waals surface area (Å²) in [6.07, 6.45) is 5.19. The van der Waals surface area contributed by atoms with E-state index in [1.807, 2.05) is 13.8 Å². The molecule has 0 amide bonds. The summed E-state index contributed by atoms with van der Waals surface area (Å²) in [7, 11) is 0. The van der Waals surface area contributed by atoms with Gasteiger partial charge in [0.05, 0.1) is 11.6 Å². The van der Waals surface area contributed by atoms with E-state index in [0.717, 1.165) is 38.3 Å². The van der Waals surface area contributed by atoms with E-state index in [2.05, 4.69) is 5.32 Å². The summed E-state index contributed by atoms with van der Waals surface area (Å²) < 4.78 is 33.5. The van der Waals surface area contributed by atoms with Crippen molar-refractivity contribution in [3.8, 4) is 0 Å². The van der Waals surface area contributed by atoms with E-state index in [9.17, 15) is 8.78 Å². The Hall–Kier alpha value is -1.00. The molecule has 118 valence electrons. The minimum Gasteiger partial charge on any atom is -0.373 e. The maximum absolute atomic E-state index is 14.3. The highest BCUT2D eigenvalue weighted by atomic mass is 19.1. The highest BCUT2D eigenvalue weighted by Gasteiger charge is 2.42. The van der Waals surface area contributed by atoms with E-state index in [1.54, 1.807) is 6.07 Å². The van der Waals surface area contributed by atoms with Crippen LogP contribution in [0.2, 0.25) is 0 Å². The van der Waals surface area contributed by atoms with Gasteiger partial charge in [-0.05, 0) is 32.4 Å². The first-order valence-electron chi connectivity index (χ1n) is 7.95. The average molecular weight is 297 g/mol. The van der Waals surface area contributed by atoms with Gasteiger partial charge in [-0.1, -0.05) is 32.3 Å². The zero-order chi connectivity index (χ0) is 15.3. The number of benzene rings is 1. The van der Waals surface area contributed by atoms with Crippen LogP contribution in [0, 0.1) is 11.6 Å². The molecule has 1 atom stereocenters. The van der Waals surface area contributed by atoms with Gasteiger partial charge < -0.3 is 10.1 Å². The molecule has 21 heavy (non-hydrogen) atoms. The third-order valence-corrected chi connectivity index (χ3v) is 4.34. The molecule has 0 bridgehead atoms. The fraction of sp³-hybridized carbons (Fsp3) is 0.647. The molecule has 0 spiro atoms. The van der Waals surface area contributed by atoms with Crippen molar-refractivity contribution in [2.45, 2.75) is 57.6 Å².